The molecular weight excluding hydrogens is 351 g/mol. The monoisotopic (exact) mass is 362 g/mol. The van der Waals surface area contributed by atoms with E-state index >= 15 is 0 Å². The first-order valence-electron chi connectivity index (χ1n) is 5.08. The maximum atomic E-state index is 6.47. The van der Waals surface area contributed by atoms with Gasteiger partial charge in [-0.2, -0.15) is 11.3 Å². The fraction of sp³-hybridized carbons (Fsp3) is 0.231. The molecule has 1 aromatic carbocycles. The molecular formula is C13H12ClIS. The predicted molar refractivity (Wildman–Crippen MR) is 80.5 cm³/mol. The Labute approximate surface area is 119 Å². The van der Waals surface area contributed by atoms with E-state index in [1.165, 1.54) is 20.3 Å². The van der Waals surface area contributed by atoms with E-state index in [-0.39, 0.29) is 5.38 Å². The minimum absolute atomic E-state index is 0.0707. The molecule has 0 aliphatic carbocycles. The molecule has 2 rings (SSSR count). The molecule has 1 aromatic heterocycles. The number of halogens is 2. The van der Waals surface area contributed by atoms with Gasteiger partial charge in [0.25, 0.3) is 0 Å². The van der Waals surface area contributed by atoms with E-state index in [1.807, 2.05) is 0 Å². The summed E-state index contributed by atoms with van der Waals surface area (Å²) >= 11 is 10.6. The van der Waals surface area contributed by atoms with Crippen molar-refractivity contribution in [1.29, 1.82) is 0 Å². The Balaban J connectivity index is 2.21. The molecule has 0 spiro atoms. The SMILES string of the molecule is Cc1cccc(C(Cl)Cc2ccsc2)c1I. The average Bonchev–Trinajstić information content (AvgIpc) is 2.74. The van der Waals surface area contributed by atoms with E-state index in [4.69, 9.17) is 11.6 Å². The van der Waals surface area contributed by atoms with Crippen molar-refractivity contribution in [2.24, 2.45) is 0 Å². The number of aryl methyl sites for hydroxylation is 1. The zero-order valence-electron chi connectivity index (χ0n) is 8.91. The van der Waals surface area contributed by atoms with Gasteiger partial charge in [0.2, 0.25) is 0 Å². The van der Waals surface area contributed by atoms with Gasteiger partial charge < -0.3 is 0 Å². The van der Waals surface area contributed by atoms with Crippen LogP contribution >= 0.6 is 45.5 Å². The Hall–Kier alpha value is -0.0600. The molecule has 0 fully saturated rings. The Morgan fingerprint density at radius 3 is 2.88 bits per heavy atom. The highest BCUT2D eigenvalue weighted by atomic mass is 127. The van der Waals surface area contributed by atoms with Gasteiger partial charge in [-0.15, -0.1) is 11.6 Å². The molecule has 0 aliphatic heterocycles. The van der Waals surface area contributed by atoms with Crippen LogP contribution in [0, 0.1) is 10.5 Å². The van der Waals surface area contributed by atoms with Crippen LogP contribution in [0.2, 0.25) is 0 Å². The van der Waals surface area contributed by atoms with Gasteiger partial charge >= 0.3 is 0 Å². The molecule has 0 saturated carbocycles. The smallest absolute Gasteiger partial charge is 0.0636 e. The Morgan fingerprint density at radius 2 is 2.19 bits per heavy atom. The minimum Gasteiger partial charge on any atom is -0.152 e. The summed E-state index contributed by atoms with van der Waals surface area (Å²) in [5.74, 6) is 0. The van der Waals surface area contributed by atoms with Crippen molar-refractivity contribution in [2.75, 3.05) is 0 Å². The number of hydrogen-bond acceptors (Lipinski definition) is 1. The van der Waals surface area contributed by atoms with Crippen LogP contribution in [0.1, 0.15) is 22.1 Å². The van der Waals surface area contributed by atoms with E-state index in [1.54, 1.807) is 11.3 Å². The van der Waals surface area contributed by atoms with Gasteiger partial charge in [0.1, 0.15) is 0 Å². The maximum absolute atomic E-state index is 6.47. The highest BCUT2D eigenvalue weighted by molar-refractivity contribution is 14.1. The number of alkyl halides is 1. The Kier molecular flexibility index (Phi) is 4.27. The van der Waals surface area contributed by atoms with Crippen LogP contribution in [-0.2, 0) is 6.42 Å². The Bertz CT molecular complexity index is 465. The van der Waals surface area contributed by atoms with Crippen LogP contribution in [0.5, 0.6) is 0 Å². The van der Waals surface area contributed by atoms with Crippen molar-refractivity contribution in [3.05, 3.63) is 55.3 Å². The molecule has 0 nitrogen and oxygen atoms in total. The highest BCUT2D eigenvalue weighted by Crippen LogP contribution is 2.30. The van der Waals surface area contributed by atoms with Crippen LogP contribution < -0.4 is 0 Å². The second-order valence-electron chi connectivity index (χ2n) is 3.78. The van der Waals surface area contributed by atoms with E-state index in [0.29, 0.717) is 0 Å². The number of benzene rings is 1. The Morgan fingerprint density at radius 1 is 1.38 bits per heavy atom. The largest absolute Gasteiger partial charge is 0.152 e. The van der Waals surface area contributed by atoms with Crippen molar-refractivity contribution in [3.63, 3.8) is 0 Å². The van der Waals surface area contributed by atoms with Gasteiger partial charge in [-0.3, -0.25) is 0 Å². The molecule has 84 valence electrons. The minimum atomic E-state index is 0.0707. The molecule has 0 aliphatic rings. The van der Waals surface area contributed by atoms with E-state index < -0.39 is 0 Å². The van der Waals surface area contributed by atoms with E-state index in [9.17, 15) is 0 Å². The van der Waals surface area contributed by atoms with Crippen LogP contribution in [0.4, 0.5) is 0 Å². The molecule has 16 heavy (non-hydrogen) atoms. The molecule has 1 atom stereocenters. The summed E-state index contributed by atoms with van der Waals surface area (Å²) in [5.41, 5.74) is 3.87. The summed E-state index contributed by atoms with van der Waals surface area (Å²) in [4.78, 5) is 0. The third kappa shape index (κ3) is 2.79. The molecule has 2 aromatic rings. The first kappa shape index (κ1) is 12.4. The topological polar surface area (TPSA) is 0 Å². The lowest BCUT2D eigenvalue weighted by Gasteiger charge is -2.12. The average molecular weight is 363 g/mol. The van der Waals surface area contributed by atoms with E-state index in [0.717, 1.165) is 6.42 Å². The van der Waals surface area contributed by atoms with Crippen LogP contribution in [0.15, 0.2) is 35.0 Å². The van der Waals surface area contributed by atoms with Crippen molar-refractivity contribution in [1.82, 2.24) is 0 Å². The normalized spacial score (nSPS) is 12.7. The fourth-order valence-corrected chi connectivity index (χ4v) is 3.60. The van der Waals surface area contributed by atoms with Gasteiger partial charge in [0, 0.05) is 3.57 Å². The van der Waals surface area contributed by atoms with Gasteiger partial charge in [-0.1, -0.05) is 18.2 Å². The predicted octanol–water partition coefficient (Wildman–Crippen LogP) is 5.18. The van der Waals surface area contributed by atoms with Crippen LogP contribution in [0.25, 0.3) is 0 Å². The zero-order chi connectivity index (χ0) is 11.5. The van der Waals surface area contributed by atoms with Crippen molar-refractivity contribution in [2.45, 2.75) is 18.7 Å². The van der Waals surface area contributed by atoms with Gasteiger partial charge in [-0.05, 0) is 69.5 Å². The zero-order valence-corrected chi connectivity index (χ0v) is 12.6. The molecule has 0 radical (unpaired) electrons. The van der Waals surface area contributed by atoms with Gasteiger partial charge in [0.05, 0.1) is 5.38 Å². The molecule has 1 heterocycles. The summed E-state index contributed by atoms with van der Waals surface area (Å²) in [6.45, 7) is 2.12. The van der Waals surface area contributed by atoms with Crippen molar-refractivity contribution >= 4 is 45.5 Å². The molecule has 0 N–H and O–H groups in total. The quantitative estimate of drug-likeness (QED) is 0.521. The second kappa shape index (κ2) is 5.52. The number of thiophene rings is 1. The van der Waals surface area contributed by atoms with Crippen molar-refractivity contribution < 1.29 is 0 Å². The number of rotatable bonds is 3. The van der Waals surface area contributed by atoms with Crippen molar-refractivity contribution in [3.8, 4) is 0 Å². The first-order valence-corrected chi connectivity index (χ1v) is 7.54. The summed E-state index contributed by atoms with van der Waals surface area (Å²) in [5, 5.41) is 4.33. The van der Waals surface area contributed by atoms with Crippen LogP contribution in [0.3, 0.4) is 0 Å². The molecule has 0 amide bonds. The lowest BCUT2D eigenvalue weighted by Crippen LogP contribution is -1.99. The summed E-state index contributed by atoms with van der Waals surface area (Å²) < 4.78 is 1.29. The highest BCUT2D eigenvalue weighted by Gasteiger charge is 2.13. The molecule has 3 heteroatoms. The summed E-state index contributed by atoms with van der Waals surface area (Å²) in [6, 6.07) is 8.47. The molecule has 0 bridgehead atoms. The van der Waals surface area contributed by atoms with E-state index in [2.05, 4.69) is 64.5 Å². The van der Waals surface area contributed by atoms with Gasteiger partial charge in [0.15, 0.2) is 0 Å². The standard InChI is InChI=1S/C13H12ClIS/c1-9-3-2-4-11(13(9)15)12(14)7-10-5-6-16-8-10/h2-6,8,12H,7H2,1H3. The summed E-state index contributed by atoms with van der Waals surface area (Å²) in [7, 11) is 0. The third-order valence-corrected chi connectivity index (χ3v) is 5.15. The maximum Gasteiger partial charge on any atom is 0.0636 e. The third-order valence-electron chi connectivity index (χ3n) is 2.55. The lowest BCUT2D eigenvalue weighted by atomic mass is 10.0. The summed E-state index contributed by atoms with van der Waals surface area (Å²) in [6.07, 6.45) is 0.907. The number of hydrogen-bond donors (Lipinski definition) is 0. The molecule has 1 unspecified atom stereocenters. The molecule has 0 saturated heterocycles. The fourth-order valence-electron chi connectivity index (χ4n) is 1.64. The lowest BCUT2D eigenvalue weighted by molar-refractivity contribution is 0.916. The second-order valence-corrected chi connectivity index (χ2v) is 6.17. The first-order chi connectivity index (χ1) is 7.68. The van der Waals surface area contributed by atoms with Crippen LogP contribution in [-0.4, -0.2) is 0 Å². The van der Waals surface area contributed by atoms with Gasteiger partial charge in [-0.25, -0.2) is 0 Å².